The summed E-state index contributed by atoms with van der Waals surface area (Å²) in [4.78, 5) is 16.7. The Morgan fingerprint density at radius 1 is 1.32 bits per heavy atom. The highest BCUT2D eigenvalue weighted by Gasteiger charge is 2.15. The van der Waals surface area contributed by atoms with Crippen molar-refractivity contribution in [3.8, 4) is 11.5 Å². The number of benzene rings is 1. The number of hydrogen-bond acceptors (Lipinski definition) is 6. The van der Waals surface area contributed by atoms with Gasteiger partial charge < -0.3 is 9.47 Å². The summed E-state index contributed by atoms with van der Waals surface area (Å²) >= 11 is 1.30. The summed E-state index contributed by atoms with van der Waals surface area (Å²) in [6, 6.07) is 5.14. The summed E-state index contributed by atoms with van der Waals surface area (Å²) in [6.45, 7) is 4.06. The Hall–Kier alpha value is -2.02. The molecule has 22 heavy (non-hydrogen) atoms. The molecule has 2 aromatic rings. The first-order chi connectivity index (χ1) is 10.5. The molecule has 0 bridgehead atoms. The molecule has 0 aliphatic heterocycles. The van der Waals surface area contributed by atoms with E-state index in [1.807, 2.05) is 13.8 Å². The maximum atomic E-state index is 12.3. The van der Waals surface area contributed by atoms with Crippen molar-refractivity contribution in [1.82, 2.24) is 15.2 Å². The van der Waals surface area contributed by atoms with E-state index in [9.17, 15) is 4.79 Å². The lowest BCUT2D eigenvalue weighted by Gasteiger charge is -2.09. The van der Waals surface area contributed by atoms with Crippen LogP contribution in [0.5, 0.6) is 11.5 Å². The fourth-order valence-electron chi connectivity index (χ4n) is 1.82. The van der Waals surface area contributed by atoms with E-state index >= 15 is 0 Å². The summed E-state index contributed by atoms with van der Waals surface area (Å²) in [6.07, 6.45) is 0. The number of carbonyl (C=O) groups excluding carboxylic acids is 1. The molecule has 0 radical (unpaired) electrons. The molecule has 1 aromatic carbocycles. The van der Waals surface area contributed by atoms with Gasteiger partial charge in [0, 0.05) is 12.0 Å². The van der Waals surface area contributed by atoms with Gasteiger partial charge in [-0.15, -0.1) is 5.10 Å². The zero-order valence-corrected chi connectivity index (χ0v) is 13.9. The lowest BCUT2D eigenvalue weighted by molar-refractivity contribution is 0.101. The van der Waals surface area contributed by atoms with Crippen LogP contribution in [0, 0.1) is 0 Å². The van der Waals surface area contributed by atoms with E-state index < -0.39 is 0 Å². The third kappa shape index (κ3) is 3.79. The molecule has 0 amide bonds. The molecule has 6 nitrogen and oxygen atoms in total. The van der Waals surface area contributed by atoms with Gasteiger partial charge in [-0.1, -0.05) is 25.6 Å². The Kier molecular flexibility index (Phi) is 5.43. The Bertz CT molecular complexity index is 655. The summed E-state index contributed by atoms with van der Waals surface area (Å²) < 4.78 is 10.4. The van der Waals surface area contributed by atoms with E-state index in [4.69, 9.17) is 9.47 Å². The van der Waals surface area contributed by atoms with Crippen LogP contribution in [0.2, 0.25) is 0 Å². The number of aromatic nitrogens is 3. The lowest BCUT2D eigenvalue weighted by atomic mass is 10.1. The van der Waals surface area contributed by atoms with Gasteiger partial charge >= 0.3 is 0 Å². The molecule has 1 N–H and O–H groups in total. The summed E-state index contributed by atoms with van der Waals surface area (Å²) in [7, 11) is 3.10. The number of rotatable bonds is 7. The monoisotopic (exact) mass is 321 g/mol. The molecule has 0 spiro atoms. The van der Waals surface area contributed by atoms with Crippen LogP contribution in [0.1, 0.15) is 35.9 Å². The molecular weight excluding hydrogens is 302 g/mol. The van der Waals surface area contributed by atoms with Crippen molar-refractivity contribution < 1.29 is 14.3 Å². The third-order valence-electron chi connectivity index (χ3n) is 3.07. The number of hydrogen-bond donors (Lipinski definition) is 1. The second-order valence-corrected chi connectivity index (χ2v) is 5.88. The van der Waals surface area contributed by atoms with Crippen LogP contribution in [0.3, 0.4) is 0 Å². The van der Waals surface area contributed by atoms with Crippen molar-refractivity contribution in [2.45, 2.75) is 24.9 Å². The average molecular weight is 321 g/mol. The minimum absolute atomic E-state index is 0.0413. The molecule has 0 aliphatic carbocycles. The van der Waals surface area contributed by atoms with E-state index in [0.29, 0.717) is 22.2 Å². The number of carbonyl (C=O) groups is 1. The first-order valence-electron chi connectivity index (χ1n) is 6.85. The van der Waals surface area contributed by atoms with Crippen molar-refractivity contribution in [3.63, 3.8) is 0 Å². The van der Waals surface area contributed by atoms with Crippen LogP contribution in [-0.4, -0.2) is 40.9 Å². The van der Waals surface area contributed by atoms with Crippen LogP contribution in [0.25, 0.3) is 0 Å². The van der Waals surface area contributed by atoms with E-state index in [2.05, 4.69) is 15.2 Å². The molecule has 0 aliphatic rings. The van der Waals surface area contributed by atoms with Crippen LogP contribution >= 0.6 is 11.8 Å². The molecule has 0 fully saturated rings. The molecule has 118 valence electrons. The van der Waals surface area contributed by atoms with Crippen LogP contribution < -0.4 is 9.47 Å². The molecule has 1 aromatic heterocycles. The minimum Gasteiger partial charge on any atom is -0.497 e. The van der Waals surface area contributed by atoms with Crippen molar-refractivity contribution in [1.29, 1.82) is 0 Å². The minimum atomic E-state index is -0.0413. The average Bonchev–Trinajstić information content (AvgIpc) is 3.01. The van der Waals surface area contributed by atoms with Gasteiger partial charge in [0.1, 0.15) is 17.3 Å². The fourth-order valence-corrected chi connectivity index (χ4v) is 2.51. The Morgan fingerprint density at radius 2 is 2.09 bits per heavy atom. The van der Waals surface area contributed by atoms with E-state index in [-0.39, 0.29) is 17.5 Å². The van der Waals surface area contributed by atoms with Crippen molar-refractivity contribution in [3.05, 3.63) is 29.6 Å². The maximum absolute atomic E-state index is 12.3. The summed E-state index contributed by atoms with van der Waals surface area (Å²) in [5.41, 5.74) is 0.524. The molecule has 0 unspecified atom stereocenters. The van der Waals surface area contributed by atoms with Crippen LogP contribution in [0.4, 0.5) is 0 Å². The van der Waals surface area contributed by atoms with Crippen molar-refractivity contribution in [2.24, 2.45) is 0 Å². The SMILES string of the molecule is COc1ccc(C(=O)CSc2n[nH]c(C(C)C)n2)c(OC)c1. The number of nitrogens with one attached hydrogen (secondary N) is 1. The summed E-state index contributed by atoms with van der Waals surface area (Å²) in [5.74, 6) is 2.45. The van der Waals surface area contributed by atoms with Gasteiger partial charge in [0.15, 0.2) is 5.78 Å². The highest BCUT2D eigenvalue weighted by atomic mass is 32.2. The van der Waals surface area contributed by atoms with Crippen LogP contribution in [0.15, 0.2) is 23.4 Å². The molecule has 0 saturated heterocycles. The van der Waals surface area contributed by atoms with E-state index in [1.165, 1.54) is 18.9 Å². The Morgan fingerprint density at radius 3 is 2.68 bits per heavy atom. The second-order valence-electron chi connectivity index (χ2n) is 4.94. The van der Waals surface area contributed by atoms with Crippen molar-refractivity contribution >= 4 is 17.5 Å². The van der Waals surface area contributed by atoms with Crippen molar-refractivity contribution in [2.75, 3.05) is 20.0 Å². The van der Waals surface area contributed by atoms with E-state index in [0.717, 1.165) is 5.82 Å². The zero-order chi connectivity index (χ0) is 16.1. The lowest BCUT2D eigenvalue weighted by Crippen LogP contribution is -2.05. The Balaban J connectivity index is 2.05. The number of aromatic amines is 1. The van der Waals surface area contributed by atoms with E-state index in [1.54, 1.807) is 25.3 Å². The molecular formula is C15H19N3O3S. The molecule has 7 heteroatoms. The third-order valence-corrected chi connectivity index (χ3v) is 3.92. The highest BCUT2D eigenvalue weighted by molar-refractivity contribution is 7.99. The first kappa shape index (κ1) is 16.4. The second kappa shape index (κ2) is 7.31. The predicted molar refractivity (Wildman–Crippen MR) is 85.1 cm³/mol. The van der Waals surface area contributed by atoms with Gasteiger partial charge in [0.05, 0.1) is 25.5 Å². The fraction of sp³-hybridized carbons (Fsp3) is 0.400. The normalized spacial score (nSPS) is 10.8. The largest absolute Gasteiger partial charge is 0.497 e. The molecule has 2 rings (SSSR count). The Labute approximate surface area is 133 Å². The van der Waals surface area contributed by atoms with Gasteiger partial charge in [-0.3, -0.25) is 9.89 Å². The number of ether oxygens (including phenoxy) is 2. The van der Waals surface area contributed by atoms with Gasteiger partial charge in [0.25, 0.3) is 0 Å². The molecule has 1 heterocycles. The first-order valence-corrected chi connectivity index (χ1v) is 7.84. The number of ketones is 1. The quantitative estimate of drug-likeness (QED) is 0.624. The van der Waals surface area contributed by atoms with Gasteiger partial charge in [0.2, 0.25) is 5.16 Å². The molecule has 0 saturated carbocycles. The van der Waals surface area contributed by atoms with Gasteiger partial charge in [-0.25, -0.2) is 4.98 Å². The van der Waals surface area contributed by atoms with Gasteiger partial charge in [-0.2, -0.15) is 0 Å². The standard InChI is InChI=1S/C15H19N3O3S/c1-9(2)14-16-15(18-17-14)22-8-12(19)11-6-5-10(20-3)7-13(11)21-4/h5-7,9H,8H2,1-4H3,(H,16,17,18). The smallest absolute Gasteiger partial charge is 0.208 e. The highest BCUT2D eigenvalue weighted by Crippen LogP contribution is 2.26. The number of thioether (sulfide) groups is 1. The topological polar surface area (TPSA) is 77.1 Å². The number of nitrogens with zero attached hydrogens (tertiary/aromatic N) is 2. The van der Waals surface area contributed by atoms with Crippen LogP contribution in [-0.2, 0) is 0 Å². The predicted octanol–water partition coefficient (Wildman–Crippen LogP) is 2.92. The number of H-pyrrole nitrogens is 1. The maximum Gasteiger partial charge on any atom is 0.208 e. The summed E-state index contributed by atoms with van der Waals surface area (Å²) in [5, 5.41) is 7.54. The molecule has 0 atom stereocenters. The number of Topliss-reactive ketones (excluding diaryl/α,β-unsaturated/α-hetero) is 1. The van der Waals surface area contributed by atoms with Gasteiger partial charge in [-0.05, 0) is 12.1 Å². The zero-order valence-electron chi connectivity index (χ0n) is 13.0. The number of methoxy groups -OCH3 is 2.